The number of nitrogens with zero attached hydrogens (tertiary/aromatic N) is 1. The van der Waals surface area contributed by atoms with E-state index in [4.69, 9.17) is 5.73 Å². The fourth-order valence-corrected chi connectivity index (χ4v) is 3.27. The smallest absolute Gasteiger partial charge is 0.000724 e. The minimum Gasteiger partial charge on any atom is -0.330 e. The van der Waals surface area contributed by atoms with Gasteiger partial charge in [-0.3, -0.25) is 0 Å². The second-order valence-corrected chi connectivity index (χ2v) is 7.01. The summed E-state index contributed by atoms with van der Waals surface area (Å²) in [7, 11) is 0. The van der Waals surface area contributed by atoms with E-state index in [1.165, 1.54) is 38.9 Å². The minimum atomic E-state index is 0.432. The molecule has 2 atom stereocenters. The normalized spacial score (nSPS) is 27.4. The predicted molar refractivity (Wildman–Crippen MR) is 76.1 cm³/mol. The van der Waals surface area contributed by atoms with E-state index < -0.39 is 0 Å². The largest absolute Gasteiger partial charge is 0.330 e. The molecule has 0 bridgehead atoms. The number of likely N-dealkylation sites (tertiary alicyclic amines) is 1. The Hall–Kier alpha value is -0.0800. The number of rotatable bonds is 6. The molecule has 0 saturated carbocycles. The molecule has 1 heterocycles. The molecular weight excluding hydrogens is 208 g/mol. The van der Waals surface area contributed by atoms with Gasteiger partial charge in [0, 0.05) is 13.1 Å². The maximum Gasteiger partial charge on any atom is 0.000724 e. The average Bonchev–Trinajstić information content (AvgIpc) is 2.15. The summed E-state index contributed by atoms with van der Waals surface area (Å²) < 4.78 is 0. The van der Waals surface area contributed by atoms with Gasteiger partial charge in [-0.25, -0.2) is 0 Å². The number of hydrogen-bond acceptors (Lipinski definition) is 2. The Kier molecular flexibility index (Phi) is 5.94. The van der Waals surface area contributed by atoms with Gasteiger partial charge < -0.3 is 10.6 Å². The van der Waals surface area contributed by atoms with Gasteiger partial charge in [0.15, 0.2) is 0 Å². The lowest BCUT2D eigenvalue weighted by Gasteiger charge is -2.35. The summed E-state index contributed by atoms with van der Waals surface area (Å²) in [5.74, 6) is 1.77. The van der Waals surface area contributed by atoms with Crippen molar-refractivity contribution in [2.24, 2.45) is 23.0 Å². The first kappa shape index (κ1) is 15.0. The lowest BCUT2D eigenvalue weighted by Crippen LogP contribution is -2.39. The van der Waals surface area contributed by atoms with Gasteiger partial charge in [0.2, 0.25) is 0 Å². The highest BCUT2D eigenvalue weighted by Gasteiger charge is 2.22. The molecule has 0 aromatic rings. The molecule has 2 heteroatoms. The number of nitrogens with two attached hydrogens (primary N) is 1. The van der Waals surface area contributed by atoms with Gasteiger partial charge in [0.1, 0.15) is 0 Å². The summed E-state index contributed by atoms with van der Waals surface area (Å²) in [6.07, 6.45) is 5.20. The fraction of sp³-hybridized carbons (Fsp3) is 1.00. The highest BCUT2D eigenvalue weighted by molar-refractivity contribution is 4.76. The van der Waals surface area contributed by atoms with Gasteiger partial charge in [-0.15, -0.1) is 0 Å². The van der Waals surface area contributed by atoms with E-state index in [-0.39, 0.29) is 0 Å². The van der Waals surface area contributed by atoms with Crippen LogP contribution in [0.1, 0.15) is 53.4 Å². The molecule has 1 rings (SSSR count). The molecule has 1 saturated heterocycles. The van der Waals surface area contributed by atoms with Crippen molar-refractivity contribution in [3.05, 3.63) is 0 Å². The van der Waals surface area contributed by atoms with E-state index in [9.17, 15) is 0 Å². The van der Waals surface area contributed by atoms with Crippen LogP contribution in [0.15, 0.2) is 0 Å². The molecule has 0 radical (unpaired) electrons. The number of hydrogen-bond donors (Lipinski definition) is 1. The number of piperidine rings is 1. The van der Waals surface area contributed by atoms with Crippen LogP contribution in [-0.4, -0.2) is 31.1 Å². The van der Waals surface area contributed by atoms with Crippen LogP contribution in [0, 0.1) is 17.3 Å². The van der Waals surface area contributed by atoms with E-state index in [2.05, 4.69) is 32.6 Å². The molecule has 0 amide bonds. The first-order valence-corrected chi connectivity index (χ1v) is 7.35. The van der Waals surface area contributed by atoms with Crippen LogP contribution in [0.5, 0.6) is 0 Å². The summed E-state index contributed by atoms with van der Waals surface area (Å²) in [6.45, 7) is 14.2. The molecule has 1 aliphatic heterocycles. The second-order valence-electron chi connectivity index (χ2n) is 7.01. The van der Waals surface area contributed by atoms with Crippen LogP contribution in [0.2, 0.25) is 0 Å². The van der Waals surface area contributed by atoms with Crippen molar-refractivity contribution in [2.45, 2.75) is 53.4 Å². The Balaban J connectivity index is 2.22. The van der Waals surface area contributed by atoms with Gasteiger partial charge in [0.05, 0.1) is 0 Å². The van der Waals surface area contributed by atoms with Gasteiger partial charge >= 0.3 is 0 Å². The van der Waals surface area contributed by atoms with Crippen molar-refractivity contribution < 1.29 is 0 Å². The van der Waals surface area contributed by atoms with Crippen LogP contribution in [0.25, 0.3) is 0 Å². The summed E-state index contributed by atoms with van der Waals surface area (Å²) in [5.41, 5.74) is 6.09. The Morgan fingerprint density at radius 2 is 1.71 bits per heavy atom. The van der Waals surface area contributed by atoms with Crippen molar-refractivity contribution in [3.8, 4) is 0 Å². The maximum absolute atomic E-state index is 5.66. The first-order valence-electron chi connectivity index (χ1n) is 7.35. The standard InChI is InChI=1S/C15H32N2/c1-13-10-14(2)12-17(11-13)9-5-6-15(3,4)7-8-16/h13-14H,5-12,16H2,1-4H3. The van der Waals surface area contributed by atoms with Gasteiger partial charge in [0.25, 0.3) is 0 Å². The van der Waals surface area contributed by atoms with E-state index in [1.807, 2.05) is 0 Å². The molecule has 0 spiro atoms. The highest BCUT2D eigenvalue weighted by Crippen LogP contribution is 2.27. The van der Waals surface area contributed by atoms with Crippen molar-refractivity contribution in [3.63, 3.8) is 0 Å². The molecule has 2 N–H and O–H groups in total. The zero-order chi connectivity index (χ0) is 12.9. The van der Waals surface area contributed by atoms with Crippen LogP contribution in [0.3, 0.4) is 0 Å². The molecule has 0 aromatic carbocycles. The quantitative estimate of drug-likeness (QED) is 0.773. The summed E-state index contributed by atoms with van der Waals surface area (Å²) in [4.78, 5) is 2.66. The van der Waals surface area contributed by atoms with E-state index >= 15 is 0 Å². The van der Waals surface area contributed by atoms with Crippen molar-refractivity contribution in [2.75, 3.05) is 26.2 Å². The van der Waals surface area contributed by atoms with Gasteiger partial charge in [-0.1, -0.05) is 27.7 Å². The lowest BCUT2D eigenvalue weighted by molar-refractivity contribution is 0.133. The van der Waals surface area contributed by atoms with E-state index in [1.54, 1.807) is 0 Å². The monoisotopic (exact) mass is 240 g/mol. The predicted octanol–water partition coefficient (Wildman–Crippen LogP) is 3.12. The fourth-order valence-electron chi connectivity index (χ4n) is 3.27. The molecule has 1 aliphatic rings. The van der Waals surface area contributed by atoms with Crippen LogP contribution < -0.4 is 5.73 Å². The third kappa shape index (κ3) is 5.87. The Bertz CT molecular complexity index is 203. The van der Waals surface area contributed by atoms with Crippen molar-refractivity contribution in [1.82, 2.24) is 4.90 Å². The first-order chi connectivity index (χ1) is 7.93. The Morgan fingerprint density at radius 3 is 2.24 bits per heavy atom. The SMILES string of the molecule is CC1CC(C)CN(CCCC(C)(C)CCN)C1. The third-order valence-electron chi connectivity index (χ3n) is 4.09. The Labute approximate surface area is 108 Å². The van der Waals surface area contributed by atoms with Crippen LogP contribution >= 0.6 is 0 Å². The van der Waals surface area contributed by atoms with E-state index in [0.717, 1.165) is 24.8 Å². The zero-order valence-electron chi connectivity index (χ0n) is 12.3. The highest BCUT2D eigenvalue weighted by atomic mass is 15.1. The van der Waals surface area contributed by atoms with Crippen molar-refractivity contribution >= 4 is 0 Å². The molecule has 1 fully saturated rings. The molecule has 0 aromatic heterocycles. The van der Waals surface area contributed by atoms with Crippen LogP contribution in [-0.2, 0) is 0 Å². The van der Waals surface area contributed by atoms with Crippen LogP contribution in [0.4, 0.5) is 0 Å². The molecular formula is C15H32N2. The zero-order valence-corrected chi connectivity index (χ0v) is 12.3. The molecule has 0 aliphatic carbocycles. The lowest BCUT2D eigenvalue weighted by atomic mass is 9.84. The summed E-state index contributed by atoms with van der Waals surface area (Å²) in [5, 5.41) is 0. The third-order valence-corrected chi connectivity index (χ3v) is 4.09. The molecule has 102 valence electrons. The van der Waals surface area contributed by atoms with Gasteiger partial charge in [-0.2, -0.15) is 0 Å². The topological polar surface area (TPSA) is 29.3 Å². The average molecular weight is 240 g/mol. The summed E-state index contributed by atoms with van der Waals surface area (Å²) in [6, 6.07) is 0. The summed E-state index contributed by atoms with van der Waals surface area (Å²) >= 11 is 0. The molecule has 17 heavy (non-hydrogen) atoms. The molecule has 2 unspecified atom stereocenters. The molecule has 2 nitrogen and oxygen atoms in total. The minimum absolute atomic E-state index is 0.432. The van der Waals surface area contributed by atoms with Crippen molar-refractivity contribution in [1.29, 1.82) is 0 Å². The van der Waals surface area contributed by atoms with Gasteiger partial charge in [-0.05, 0) is 56.0 Å². The maximum atomic E-state index is 5.66. The Morgan fingerprint density at radius 1 is 1.12 bits per heavy atom. The second kappa shape index (κ2) is 6.75. The van der Waals surface area contributed by atoms with E-state index in [0.29, 0.717) is 5.41 Å².